The van der Waals surface area contributed by atoms with Gasteiger partial charge in [-0.3, -0.25) is 9.59 Å². The largest absolute Gasteiger partial charge is 0.371 e. The summed E-state index contributed by atoms with van der Waals surface area (Å²) in [6, 6.07) is 7.82. The standard InChI is InChI=1S/C23H30N6O2/c1-18-5-6-20(27-11-2-3-12-27)19(17-18)22(31)24-10-7-21(30)28-13-15-29(16-14-28)23-25-8-4-9-26-23/h4-6,8-9,17H,2-3,7,10-16H2,1H3,(H,24,31). The van der Waals surface area contributed by atoms with Gasteiger partial charge < -0.3 is 20.0 Å². The number of benzene rings is 1. The number of aromatic nitrogens is 2. The molecule has 2 fully saturated rings. The molecule has 2 saturated heterocycles. The van der Waals surface area contributed by atoms with Crippen molar-refractivity contribution >= 4 is 23.5 Å². The van der Waals surface area contributed by atoms with E-state index < -0.39 is 0 Å². The molecular weight excluding hydrogens is 392 g/mol. The number of carbonyl (C=O) groups is 2. The molecule has 164 valence electrons. The van der Waals surface area contributed by atoms with Gasteiger partial charge in [-0.1, -0.05) is 11.6 Å². The molecule has 0 radical (unpaired) electrons. The van der Waals surface area contributed by atoms with Crippen LogP contribution >= 0.6 is 0 Å². The van der Waals surface area contributed by atoms with Crippen LogP contribution in [0.2, 0.25) is 0 Å². The van der Waals surface area contributed by atoms with Crippen LogP contribution in [-0.4, -0.2) is 72.5 Å². The van der Waals surface area contributed by atoms with Gasteiger partial charge in [0.15, 0.2) is 0 Å². The van der Waals surface area contributed by atoms with Crippen molar-refractivity contribution in [2.75, 3.05) is 55.6 Å². The van der Waals surface area contributed by atoms with Crippen molar-refractivity contribution in [3.05, 3.63) is 47.8 Å². The minimum absolute atomic E-state index is 0.0675. The van der Waals surface area contributed by atoms with Gasteiger partial charge >= 0.3 is 0 Å². The van der Waals surface area contributed by atoms with E-state index in [-0.39, 0.29) is 11.8 Å². The quantitative estimate of drug-likeness (QED) is 0.765. The number of rotatable bonds is 6. The van der Waals surface area contributed by atoms with Crippen molar-refractivity contribution in [2.45, 2.75) is 26.2 Å². The lowest BCUT2D eigenvalue weighted by molar-refractivity contribution is -0.131. The Kier molecular flexibility index (Phi) is 6.64. The number of nitrogens with one attached hydrogen (secondary N) is 1. The van der Waals surface area contributed by atoms with Crippen LogP contribution in [0.4, 0.5) is 11.6 Å². The Morgan fingerprint density at radius 2 is 1.68 bits per heavy atom. The Morgan fingerprint density at radius 1 is 0.968 bits per heavy atom. The molecule has 0 saturated carbocycles. The zero-order valence-corrected chi connectivity index (χ0v) is 18.1. The summed E-state index contributed by atoms with van der Waals surface area (Å²) in [5, 5.41) is 2.95. The monoisotopic (exact) mass is 422 g/mol. The van der Waals surface area contributed by atoms with Gasteiger partial charge in [-0.25, -0.2) is 9.97 Å². The molecular formula is C23H30N6O2. The molecule has 0 unspecified atom stereocenters. The Bertz CT molecular complexity index is 906. The highest BCUT2D eigenvalue weighted by Gasteiger charge is 2.23. The van der Waals surface area contributed by atoms with E-state index in [1.807, 2.05) is 30.0 Å². The smallest absolute Gasteiger partial charge is 0.253 e. The van der Waals surface area contributed by atoms with E-state index in [4.69, 9.17) is 0 Å². The number of nitrogens with zero attached hydrogens (tertiary/aromatic N) is 5. The highest BCUT2D eigenvalue weighted by molar-refractivity contribution is 6.00. The fraction of sp³-hybridized carbons (Fsp3) is 0.478. The first-order valence-electron chi connectivity index (χ1n) is 11.1. The van der Waals surface area contributed by atoms with E-state index in [0.29, 0.717) is 50.7 Å². The molecule has 8 nitrogen and oxygen atoms in total. The number of hydrogen-bond acceptors (Lipinski definition) is 6. The van der Waals surface area contributed by atoms with Crippen LogP contribution in [0.3, 0.4) is 0 Å². The summed E-state index contributed by atoms with van der Waals surface area (Å²) in [7, 11) is 0. The third kappa shape index (κ3) is 5.13. The number of piperazine rings is 1. The topological polar surface area (TPSA) is 81.7 Å². The zero-order valence-electron chi connectivity index (χ0n) is 18.1. The molecule has 0 atom stereocenters. The second kappa shape index (κ2) is 9.76. The maximum atomic E-state index is 12.8. The van der Waals surface area contributed by atoms with E-state index >= 15 is 0 Å². The second-order valence-corrected chi connectivity index (χ2v) is 8.14. The predicted octanol–water partition coefficient (Wildman–Crippen LogP) is 1.85. The molecule has 0 bridgehead atoms. The summed E-state index contributed by atoms with van der Waals surface area (Å²) in [6.07, 6.45) is 6.08. The number of aryl methyl sites for hydroxylation is 1. The normalized spacial score (nSPS) is 16.5. The first-order valence-corrected chi connectivity index (χ1v) is 11.1. The zero-order chi connectivity index (χ0) is 21.6. The van der Waals surface area contributed by atoms with Gasteiger partial charge in [-0.15, -0.1) is 0 Å². The second-order valence-electron chi connectivity index (χ2n) is 8.14. The van der Waals surface area contributed by atoms with E-state index in [2.05, 4.69) is 25.1 Å². The molecule has 2 aromatic rings. The predicted molar refractivity (Wildman–Crippen MR) is 120 cm³/mol. The van der Waals surface area contributed by atoms with Crippen molar-refractivity contribution in [3.8, 4) is 0 Å². The highest BCUT2D eigenvalue weighted by atomic mass is 16.2. The van der Waals surface area contributed by atoms with Crippen LogP contribution < -0.4 is 15.1 Å². The van der Waals surface area contributed by atoms with Crippen LogP contribution in [0, 0.1) is 6.92 Å². The molecule has 2 amide bonds. The molecule has 1 aromatic carbocycles. The van der Waals surface area contributed by atoms with Gasteiger partial charge in [0.25, 0.3) is 5.91 Å². The number of amides is 2. The van der Waals surface area contributed by atoms with Gasteiger partial charge in [-0.05, 0) is 38.0 Å². The number of carbonyl (C=O) groups excluding carboxylic acids is 2. The summed E-state index contributed by atoms with van der Waals surface area (Å²) in [5.41, 5.74) is 2.75. The van der Waals surface area contributed by atoms with Gasteiger partial charge in [0.05, 0.1) is 5.56 Å². The van der Waals surface area contributed by atoms with Crippen molar-refractivity contribution in [1.29, 1.82) is 0 Å². The van der Waals surface area contributed by atoms with E-state index in [1.165, 1.54) is 0 Å². The Labute approximate surface area is 183 Å². The molecule has 2 aliphatic rings. The van der Waals surface area contributed by atoms with E-state index in [9.17, 15) is 9.59 Å². The Hall–Kier alpha value is -3.16. The maximum absolute atomic E-state index is 12.8. The molecule has 1 aromatic heterocycles. The lowest BCUT2D eigenvalue weighted by Crippen LogP contribution is -2.49. The van der Waals surface area contributed by atoms with Crippen LogP contribution in [0.15, 0.2) is 36.7 Å². The van der Waals surface area contributed by atoms with Crippen molar-refractivity contribution in [3.63, 3.8) is 0 Å². The van der Waals surface area contributed by atoms with Crippen molar-refractivity contribution in [2.24, 2.45) is 0 Å². The summed E-state index contributed by atoms with van der Waals surface area (Å²) >= 11 is 0. The average Bonchev–Trinajstić information content (AvgIpc) is 3.34. The van der Waals surface area contributed by atoms with Crippen LogP contribution in [-0.2, 0) is 4.79 Å². The van der Waals surface area contributed by atoms with Gasteiger partial charge in [0, 0.05) is 70.3 Å². The first-order chi connectivity index (χ1) is 15.1. The minimum atomic E-state index is -0.107. The number of anilines is 2. The molecule has 8 heteroatoms. The lowest BCUT2D eigenvalue weighted by atomic mass is 10.1. The van der Waals surface area contributed by atoms with Gasteiger partial charge in [0.1, 0.15) is 0 Å². The molecule has 2 aliphatic heterocycles. The summed E-state index contributed by atoms with van der Waals surface area (Å²) in [5.74, 6) is 0.663. The van der Waals surface area contributed by atoms with Crippen LogP contribution in [0.5, 0.6) is 0 Å². The first kappa shape index (κ1) is 21.1. The highest BCUT2D eigenvalue weighted by Crippen LogP contribution is 2.25. The molecule has 1 N–H and O–H groups in total. The lowest BCUT2D eigenvalue weighted by Gasteiger charge is -2.34. The SMILES string of the molecule is Cc1ccc(N2CCCC2)c(C(=O)NCCC(=O)N2CCN(c3ncccn3)CC2)c1. The Balaban J connectivity index is 1.26. The summed E-state index contributed by atoms with van der Waals surface area (Å²) in [4.78, 5) is 40.2. The third-order valence-corrected chi connectivity index (χ3v) is 5.94. The van der Waals surface area contributed by atoms with E-state index in [0.717, 1.165) is 37.2 Å². The molecule has 3 heterocycles. The molecule has 31 heavy (non-hydrogen) atoms. The molecule has 0 aliphatic carbocycles. The summed E-state index contributed by atoms with van der Waals surface area (Å²) < 4.78 is 0. The minimum Gasteiger partial charge on any atom is -0.371 e. The fourth-order valence-corrected chi connectivity index (χ4v) is 4.21. The van der Waals surface area contributed by atoms with Gasteiger partial charge in [0.2, 0.25) is 11.9 Å². The van der Waals surface area contributed by atoms with E-state index in [1.54, 1.807) is 18.5 Å². The van der Waals surface area contributed by atoms with Crippen molar-refractivity contribution in [1.82, 2.24) is 20.2 Å². The maximum Gasteiger partial charge on any atom is 0.253 e. The van der Waals surface area contributed by atoms with Crippen LogP contribution in [0.25, 0.3) is 0 Å². The third-order valence-electron chi connectivity index (χ3n) is 5.94. The average molecular weight is 423 g/mol. The van der Waals surface area contributed by atoms with Crippen molar-refractivity contribution < 1.29 is 9.59 Å². The number of hydrogen-bond donors (Lipinski definition) is 1. The van der Waals surface area contributed by atoms with Crippen LogP contribution in [0.1, 0.15) is 35.2 Å². The van der Waals surface area contributed by atoms with Gasteiger partial charge in [-0.2, -0.15) is 0 Å². The molecule has 0 spiro atoms. The fourth-order valence-electron chi connectivity index (χ4n) is 4.21. The molecule has 4 rings (SSSR count). The summed E-state index contributed by atoms with van der Waals surface area (Å²) in [6.45, 7) is 7.02. The Morgan fingerprint density at radius 3 is 2.39 bits per heavy atom.